The van der Waals surface area contributed by atoms with E-state index in [0.717, 1.165) is 4.57 Å². The molecule has 6 nitrogen and oxygen atoms in total. The van der Waals surface area contributed by atoms with Crippen molar-refractivity contribution in [3.63, 3.8) is 0 Å². The number of anilines is 1. The summed E-state index contributed by atoms with van der Waals surface area (Å²) in [6.07, 6.45) is 0. The van der Waals surface area contributed by atoms with E-state index in [1.165, 1.54) is 6.07 Å². The molecule has 0 saturated heterocycles. The Kier molecular flexibility index (Phi) is 4.16. The molecule has 0 aliphatic carbocycles. The molecular weight excluding hydrogens is 270 g/mol. The van der Waals surface area contributed by atoms with Crippen molar-refractivity contribution in [2.75, 3.05) is 5.32 Å². The molecule has 1 atom stereocenters. The number of nitrogens with zero attached hydrogens (tertiary/aromatic N) is 1. The van der Waals surface area contributed by atoms with Gasteiger partial charge >= 0.3 is 5.69 Å². The number of rotatable bonds is 4. The third-order valence-corrected chi connectivity index (χ3v) is 3.26. The predicted molar refractivity (Wildman–Crippen MR) is 81.9 cm³/mol. The summed E-state index contributed by atoms with van der Waals surface area (Å²) in [5.74, 6) is 0.494. The molecule has 0 amide bonds. The lowest BCUT2D eigenvalue weighted by Gasteiger charge is -2.17. The largest absolute Gasteiger partial charge is 0.508 e. The Balaban J connectivity index is 2.31. The number of phenols is 1. The Morgan fingerprint density at radius 1 is 1.19 bits per heavy atom. The van der Waals surface area contributed by atoms with Crippen molar-refractivity contribution in [1.29, 1.82) is 0 Å². The van der Waals surface area contributed by atoms with Crippen molar-refractivity contribution in [3.05, 3.63) is 56.7 Å². The van der Waals surface area contributed by atoms with E-state index in [1.807, 2.05) is 13.0 Å². The van der Waals surface area contributed by atoms with E-state index < -0.39 is 5.69 Å². The predicted octanol–water partition coefficient (Wildman–Crippen LogP) is 2.00. The Labute approximate surface area is 122 Å². The van der Waals surface area contributed by atoms with Crippen LogP contribution in [0.5, 0.6) is 5.75 Å². The van der Waals surface area contributed by atoms with Crippen LogP contribution in [-0.4, -0.2) is 14.7 Å². The van der Waals surface area contributed by atoms with Crippen molar-refractivity contribution in [1.82, 2.24) is 9.55 Å². The van der Waals surface area contributed by atoms with Gasteiger partial charge in [-0.05, 0) is 26.8 Å². The Morgan fingerprint density at radius 3 is 2.43 bits per heavy atom. The SMILES string of the molecule is CC(Nc1cc(=O)n(C(C)C)c(=O)[nH]1)c1ccccc1O. The average molecular weight is 289 g/mol. The first-order valence-electron chi connectivity index (χ1n) is 6.80. The summed E-state index contributed by atoms with van der Waals surface area (Å²) < 4.78 is 1.15. The first-order valence-corrected chi connectivity index (χ1v) is 6.80. The monoisotopic (exact) mass is 289 g/mol. The molecule has 0 aliphatic rings. The molecule has 1 unspecified atom stereocenters. The van der Waals surface area contributed by atoms with E-state index >= 15 is 0 Å². The van der Waals surface area contributed by atoms with Crippen LogP contribution >= 0.6 is 0 Å². The summed E-state index contributed by atoms with van der Waals surface area (Å²) in [5.41, 5.74) is -0.128. The van der Waals surface area contributed by atoms with Crippen LogP contribution in [0.4, 0.5) is 5.82 Å². The maximum absolute atomic E-state index is 11.9. The van der Waals surface area contributed by atoms with Crippen molar-refractivity contribution in [2.45, 2.75) is 32.9 Å². The molecule has 0 radical (unpaired) electrons. The number of hydrogen-bond acceptors (Lipinski definition) is 4. The van der Waals surface area contributed by atoms with Gasteiger partial charge in [0.25, 0.3) is 5.56 Å². The van der Waals surface area contributed by atoms with Crippen LogP contribution in [-0.2, 0) is 0 Å². The second-order valence-electron chi connectivity index (χ2n) is 5.21. The highest BCUT2D eigenvalue weighted by Crippen LogP contribution is 2.25. The molecule has 3 N–H and O–H groups in total. The lowest BCUT2D eigenvalue weighted by molar-refractivity contribution is 0.465. The van der Waals surface area contributed by atoms with Gasteiger partial charge in [-0.1, -0.05) is 18.2 Å². The molecule has 21 heavy (non-hydrogen) atoms. The normalized spacial score (nSPS) is 12.4. The second-order valence-corrected chi connectivity index (χ2v) is 5.21. The molecule has 6 heteroatoms. The Morgan fingerprint density at radius 2 is 1.86 bits per heavy atom. The number of aromatic hydroxyl groups is 1. The number of phenolic OH excluding ortho intramolecular Hbond substituents is 1. The molecule has 1 aromatic heterocycles. The number of benzene rings is 1. The molecule has 0 fully saturated rings. The topological polar surface area (TPSA) is 87.1 Å². The lowest BCUT2D eigenvalue weighted by Crippen LogP contribution is -2.36. The van der Waals surface area contributed by atoms with E-state index in [9.17, 15) is 14.7 Å². The van der Waals surface area contributed by atoms with Crippen molar-refractivity contribution < 1.29 is 5.11 Å². The first kappa shape index (κ1) is 14.9. The zero-order valence-corrected chi connectivity index (χ0v) is 12.3. The lowest BCUT2D eigenvalue weighted by atomic mass is 10.1. The van der Waals surface area contributed by atoms with Crippen molar-refractivity contribution in [3.8, 4) is 5.75 Å². The van der Waals surface area contributed by atoms with Crippen molar-refractivity contribution in [2.24, 2.45) is 0 Å². The fourth-order valence-corrected chi connectivity index (χ4v) is 2.24. The number of aromatic nitrogens is 2. The molecule has 2 aromatic rings. The smallest absolute Gasteiger partial charge is 0.330 e. The van der Waals surface area contributed by atoms with E-state index in [0.29, 0.717) is 11.4 Å². The highest BCUT2D eigenvalue weighted by molar-refractivity contribution is 5.41. The molecule has 112 valence electrons. The maximum atomic E-state index is 11.9. The molecule has 0 aliphatic heterocycles. The van der Waals surface area contributed by atoms with Gasteiger partial charge < -0.3 is 10.4 Å². The average Bonchev–Trinajstić information content (AvgIpc) is 2.37. The van der Waals surface area contributed by atoms with Crippen LogP contribution < -0.4 is 16.6 Å². The van der Waals surface area contributed by atoms with Gasteiger partial charge in [0.2, 0.25) is 0 Å². The van der Waals surface area contributed by atoms with Gasteiger partial charge in [-0.2, -0.15) is 0 Å². The highest BCUT2D eigenvalue weighted by Gasteiger charge is 2.12. The van der Waals surface area contributed by atoms with E-state index in [-0.39, 0.29) is 23.4 Å². The summed E-state index contributed by atoms with van der Waals surface area (Å²) in [4.78, 5) is 26.5. The minimum absolute atomic E-state index is 0.162. The summed E-state index contributed by atoms with van der Waals surface area (Å²) >= 11 is 0. The van der Waals surface area contributed by atoms with E-state index in [1.54, 1.807) is 32.0 Å². The summed E-state index contributed by atoms with van der Waals surface area (Å²) in [5, 5.41) is 12.8. The molecule has 0 saturated carbocycles. The zero-order valence-electron chi connectivity index (χ0n) is 12.3. The summed E-state index contributed by atoms with van der Waals surface area (Å²) in [6, 6.07) is 7.80. The van der Waals surface area contributed by atoms with Crippen LogP contribution in [0.1, 0.15) is 38.4 Å². The fourth-order valence-electron chi connectivity index (χ4n) is 2.24. The third kappa shape index (κ3) is 3.16. The van der Waals surface area contributed by atoms with Crippen molar-refractivity contribution >= 4 is 5.82 Å². The van der Waals surface area contributed by atoms with Gasteiger partial charge in [0.15, 0.2) is 0 Å². The Hall–Kier alpha value is -2.50. The number of hydrogen-bond donors (Lipinski definition) is 3. The van der Waals surface area contributed by atoms with Gasteiger partial charge in [0.1, 0.15) is 11.6 Å². The first-order chi connectivity index (χ1) is 9.90. The molecule has 0 bridgehead atoms. The molecule has 1 heterocycles. The number of para-hydroxylation sites is 1. The van der Waals surface area contributed by atoms with Crippen LogP contribution in [0.25, 0.3) is 0 Å². The molecule has 0 spiro atoms. The number of aromatic amines is 1. The molecular formula is C15H19N3O3. The number of nitrogens with one attached hydrogen (secondary N) is 2. The third-order valence-electron chi connectivity index (χ3n) is 3.26. The van der Waals surface area contributed by atoms with Gasteiger partial charge in [0.05, 0.1) is 6.04 Å². The highest BCUT2D eigenvalue weighted by atomic mass is 16.3. The minimum Gasteiger partial charge on any atom is -0.508 e. The minimum atomic E-state index is -0.454. The Bertz CT molecular complexity index is 715. The molecule has 1 aromatic carbocycles. The molecule has 2 rings (SSSR count). The fraction of sp³-hybridized carbons (Fsp3) is 0.333. The summed E-state index contributed by atoms with van der Waals surface area (Å²) in [6.45, 7) is 5.38. The standard InChI is InChI=1S/C15H19N3O3/c1-9(2)18-14(20)8-13(17-15(18)21)16-10(3)11-6-4-5-7-12(11)19/h4-10,16,19H,1-3H3,(H,17,21). The second kappa shape index (κ2) is 5.87. The van der Waals surface area contributed by atoms with Crippen LogP contribution in [0.15, 0.2) is 39.9 Å². The van der Waals surface area contributed by atoms with Crippen LogP contribution in [0.2, 0.25) is 0 Å². The van der Waals surface area contributed by atoms with E-state index in [2.05, 4.69) is 10.3 Å². The van der Waals surface area contributed by atoms with Gasteiger partial charge in [-0.15, -0.1) is 0 Å². The van der Waals surface area contributed by atoms with Gasteiger partial charge in [0, 0.05) is 17.7 Å². The van der Waals surface area contributed by atoms with Crippen LogP contribution in [0.3, 0.4) is 0 Å². The van der Waals surface area contributed by atoms with E-state index in [4.69, 9.17) is 0 Å². The van der Waals surface area contributed by atoms with Gasteiger partial charge in [-0.3, -0.25) is 14.3 Å². The van der Waals surface area contributed by atoms with Gasteiger partial charge in [-0.25, -0.2) is 4.79 Å². The quantitative estimate of drug-likeness (QED) is 0.803. The zero-order chi connectivity index (χ0) is 15.6. The summed E-state index contributed by atoms with van der Waals surface area (Å²) in [7, 11) is 0. The van der Waals surface area contributed by atoms with Crippen LogP contribution in [0, 0.1) is 0 Å². The maximum Gasteiger partial charge on any atom is 0.330 e. The number of H-pyrrole nitrogens is 1.